The SMILES string of the molecule is COc1c(C=O)cc(C#N)cc1C(=O)CCl. The number of ketones is 1. The zero-order valence-corrected chi connectivity index (χ0v) is 9.25. The molecule has 0 bridgehead atoms. The maximum atomic E-state index is 11.5. The van der Waals surface area contributed by atoms with Crippen LogP contribution in [0.4, 0.5) is 0 Å². The molecule has 0 fully saturated rings. The number of hydrogen-bond donors (Lipinski definition) is 0. The number of carbonyl (C=O) groups is 2. The van der Waals surface area contributed by atoms with Gasteiger partial charge in [0.15, 0.2) is 12.1 Å². The van der Waals surface area contributed by atoms with Gasteiger partial charge in [-0.05, 0) is 12.1 Å². The van der Waals surface area contributed by atoms with Crippen LogP contribution in [0.3, 0.4) is 0 Å². The van der Waals surface area contributed by atoms with Crippen molar-refractivity contribution in [2.45, 2.75) is 0 Å². The van der Waals surface area contributed by atoms with Crippen molar-refractivity contribution in [2.75, 3.05) is 13.0 Å². The number of Topliss-reactive ketones (excluding diaryl/α,β-unsaturated/α-hetero) is 1. The lowest BCUT2D eigenvalue weighted by molar-refractivity contribution is 0.101. The third-order valence-corrected chi connectivity index (χ3v) is 2.24. The minimum atomic E-state index is -0.390. The van der Waals surface area contributed by atoms with Crippen LogP contribution in [0.5, 0.6) is 5.75 Å². The topological polar surface area (TPSA) is 67.2 Å². The normalized spacial score (nSPS) is 9.31. The molecule has 0 unspecified atom stereocenters. The van der Waals surface area contributed by atoms with E-state index < -0.39 is 5.78 Å². The van der Waals surface area contributed by atoms with E-state index in [9.17, 15) is 9.59 Å². The molecule has 0 aliphatic heterocycles. The largest absolute Gasteiger partial charge is 0.495 e. The van der Waals surface area contributed by atoms with Crippen LogP contribution in [0.15, 0.2) is 12.1 Å². The molecule has 82 valence electrons. The highest BCUT2D eigenvalue weighted by atomic mass is 35.5. The molecule has 0 heterocycles. The molecule has 0 atom stereocenters. The van der Waals surface area contributed by atoms with Crippen LogP contribution in [-0.4, -0.2) is 25.1 Å². The number of rotatable bonds is 4. The molecule has 1 aromatic carbocycles. The Balaban J connectivity index is 3.50. The summed E-state index contributed by atoms with van der Waals surface area (Å²) in [7, 11) is 1.35. The second-order valence-corrected chi connectivity index (χ2v) is 3.20. The van der Waals surface area contributed by atoms with E-state index >= 15 is 0 Å². The highest BCUT2D eigenvalue weighted by Crippen LogP contribution is 2.25. The van der Waals surface area contributed by atoms with Crippen molar-refractivity contribution in [3.8, 4) is 11.8 Å². The third-order valence-electron chi connectivity index (χ3n) is 2.00. The Bertz CT molecular complexity index is 477. The van der Waals surface area contributed by atoms with Crippen LogP contribution in [0, 0.1) is 11.3 Å². The van der Waals surface area contributed by atoms with Gasteiger partial charge in [-0.25, -0.2) is 0 Å². The monoisotopic (exact) mass is 237 g/mol. The van der Waals surface area contributed by atoms with Gasteiger partial charge in [-0.3, -0.25) is 9.59 Å². The number of benzene rings is 1. The van der Waals surface area contributed by atoms with E-state index in [0.717, 1.165) is 0 Å². The van der Waals surface area contributed by atoms with Crippen molar-refractivity contribution < 1.29 is 14.3 Å². The summed E-state index contributed by atoms with van der Waals surface area (Å²) in [5.74, 6) is -0.470. The lowest BCUT2D eigenvalue weighted by atomic mass is 10.0. The molecule has 0 N–H and O–H groups in total. The predicted molar refractivity (Wildman–Crippen MR) is 58.1 cm³/mol. The molecule has 0 saturated heterocycles. The molecule has 0 aliphatic carbocycles. The molecule has 0 radical (unpaired) electrons. The molecule has 1 rings (SSSR count). The Labute approximate surface area is 97.4 Å². The minimum absolute atomic E-state index is 0.152. The van der Waals surface area contributed by atoms with Gasteiger partial charge in [0.05, 0.1) is 35.7 Å². The molecule has 0 spiro atoms. The number of ether oxygens (including phenoxy) is 1. The van der Waals surface area contributed by atoms with E-state index in [4.69, 9.17) is 21.6 Å². The maximum Gasteiger partial charge on any atom is 0.181 e. The molecule has 16 heavy (non-hydrogen) atoms. The molecule has 5 heteroatoms. The second kappa shape index (κ2) is 5.29. The van der Waals surface area contributed by atoms with Crippen LogP contribution < -0.4 is 4.74 Å². The number of nitrogens with zero attached hydrogens (tertiary/aromatic N) is 1. The van der Waals surface area contributed by atoms with E-state index in [-0.39, 0.29) is 28.3 Å². The molecule has 0 aromatic heterocycles. The van der Waals surface area contributed by atoms with Crippen molar-refractivity contribution >= 4 is 23.7 Å². The van der Waals surface area contributed by atoms with Gasteiger partial charge in [0.25, 0.3) is 0 Å². The third kappa shape index (κ3) is 2.20. The van der Waals surface area contributed by atoms with Crippen LogP contribution in [-0.2, 0) is 0 Å². The predicted octanol–water partition coefficient (Wildman–Crippen LogP) is 1.80. The maximum absolute atomic E-state index is 11.5. The number of alkyl halides is 1. The second-order valence-electron chi connectivity index (χ2n) is 2.93. The lowest BCUT2D eigenvalue weighted by Crippen LogP contribution is -2.06. The highest BCUT2D eigenvalue weighted by molar-refractivity contribution is 6.31. The van der Waals surface area contributed by atoms with Gasteiger partial charge in [0.1, 0.15) is 5.75 Å². The quantitative estimate of drug-likeness (QED) is 0.455. The summed E-state index contributed by atoms with van der Waals surface area (Å²) in [5.41, 5.74) is 0.532. The molecule has 4 nitrogen and oxygen atoms in total. The van der Waals surface area contributed by atoms with Gasteiger partial charge < -0.3 is 4.74 Å². The first-order chi connectivity index (χ1) is 7.67. The van der Waals surface area contributed by atoms with E-state index in [2.05, 4.69) is 0 Å². The molecule has 0 amide bonds. The fourth-order valence-electron chi connectivity index (χ4n) is 1.31. The summed E-state index contributed by atoms with van der Waals surface area (Å²) < 4.78 is 4.97. The first-order valence-corrected chi connectivity index (χ1v) is 4.87. The van der Waals surface area contributed by atoms with E-state index in [1.165, 1.54) is 19.2 Å². The fourth-order valence-corrected chi connectivity index (χ4v) is 1.45. The average Bonchev–Trinajstić information content (AvgIpc) is 2.35. The van der Waals surface area contributed by atoms with E-state index in [1.807, 2.05) is 6.07 Å². The van der Waals surface area contributed by atoms with Gasteiger partial charge in [-0.1, -0.05) is 0 Å². The van der Waals surface area contributed by atoms with Gasteiger partial charge >= 0.3 is 0 Å². The first kappa shape index (κ1) is 12.2. The molecular formula is C11H8ClNO3. The minimum Gasteiger partial charge on any atom is -0.495 e. The average molecular weight is 238 g/mol. The number of methoxy groups -OCH3 is 1. The molecule has 0 saturated carbocycles. The number of carbonyl (C=O) groups excluding carboxylic acids is 2. The van der Waals surface area contributed by atoms with Gasteiger partial charge in [0, 0.05) is 0 Å². The van der Waals surface area contributed by atoms with Crippen molar-refractivity contribution in [3.05, 3.63) is 28.8 Å². The van der Waals surface area contributed by atoms with Crippen LogP contribution in [0.1, 0.15) is 26.3 Å². The van der Waals surface area contributed by atoms with E-state index in [0.29, 0.717) is 6.29 Å². The standard InChI is InChI=1S/C11H8ClNO3/c1-16-11-8(6-14)2-7(5-13)3-9(11)10(15)4-12/h2-3,6H,4H2,1H3. The van der Waals surface area contributed by atoms with Crippen LogP contribution in [0.25, 0.3) is 0 Å². The Morgan fingerprint density at radius 3 is 2.75 bits per heavy atom. The van der Waals surface area contributed by atoms with Crippen LogP contribution in [0.2, 0.25) is 0 Å². The number of aldehydes is 1. The Morgan fingerprint density at radius 1 is 1.62 bits per heavy atom. The van der Waals surface area contributed by atoms with Crippen molar-refractivity contribution in [1.82, 2.24) is 0 Å². The van der Waals surface area contributed by atoms with E-state index in [1.54, 1.807) is 0 Å². The summed E-state index contributed by atoms with van der Waals surface area (Å²) in [6, 6.07) is 4.58. The Hall–Kier alpha value is -1.86. The van der Waals surface area contributed by atoms with Crippen molar-refractivity contribution in [3.63, 3.8) is 0 Å². The summed E-state index contributed by atoms with van der Waals surface area (Å²) >= 11 is 5.43. The van der Waals surface area contributed by atoms with Gasteiger partial charge in [0.2, 0.25) is 0 Å². The first-order valence-electron chi connectivity index (χ1n) is 4.34. The van der Waals surface area contributed by atoms with Crippen molar-refractivity contribution in [1.29, 1.82) is 5.26 Å². The Morgan fingerprint density at radius 2 is 2.31 bits per heavy atom. The lowest BCUT2D eigenvalue weighted by Gasteiger charge is -2.09. The smallest absolute Gasteiger partial charge is 0.181 e. The molecule has 0 aliphatic rings. The number of halogens is 1. The summed E-state index contributed by atoms with van der Waals surface area (Å²) in [6.07, 6.45) is 0.532. The molecular weight excluding hydrogens is 230 g/mol. The van der Waals surface area contributed by atoms with Crippen LogP contribution >= 0.6 is 11.6 Å². The van der Waals surface area contributed by atoms with Crippen molar-refractivity contribution in [2.24, 2.45) is 0 Å². The Kier molecular flexibility index (Phi) is 4.03. The number of hydrogen-bond acceptors (Lipinski definition) is 4. The summed E-state index contributed by atoms with van der Waals surface area (Å²) in [4.78, 5) is 22.3. The highest BCUT2D eigenvalue weighted by Gasteiger charge is 2.16. The zero-order valence-electron chi connectivity index (χ0n) is 8.49. The fraction of sp³-hybridized carbons (Fsp3) is 0.182. The zero-order chi connectivity index (χ0) is 12.1. The van der Waals surface area contributed by atoms with Gasteiger partial charge in [-0.15, -0.1) is 11.6 Å². The number of nitriles is 1. The summed E-state index contributed by atoms with van der Waals surface area (Å²) in [5, 5.41) is 8.75. The van der Waals surface area contributed by atoms with Gasteiger partial charge in [-0.2, -0.15) is 5.26 Å². The molecule has 1 aromatic rings. The summed E-state index contributed by atoms with van der Waals surface area (Å²) in [6.45, 7) is 0.